The Kier molecular flexibility index (Phi) is 3.47. The van der Waals surface area contributed by atoms with Gasteiger partial charge in [0, 0.05) is 27.7 Å². The van der Waals surface area contributed by atoms with Crippen molar-refractivity contribution < 1.29 is 4.74 Å². The van der Waals surface area contributed by atoms with E-state index in [0.29, 0.717) is 0 Å². The summed E-state index contributed by atoms with van der Waals surface area (Å²) in [7, 11) is 0. The highest BCUT2D eigenvalue weighted by molar-refractivity contribution is 9.11. The highest BCUT2D eigenvalue weighted by Crippen LogP contribution is 2.26. The quantitative estimate of drug-likeness (QED) is 0.788. The van der Waals surface area contributed by atoms with Crippen molar-refractivity contribution in [2.45, 2.75) is 0 Å². The second kappa shape index (κ2) is 4.64. The molecule has 0 N–H and O–H groups in total. The predicted octanol–water partition coefficient (Wildman–Crippen LogP) is 3.05. The van der Waals surface area contributed by atoms with E-state index in [9.17, 15) is 0 Å². The van der Waals surface area contributed by atoms with Gasteiger partial charge in [-0.2, -0.15) is 0 Å². The number of nitrogens with zero attached hydrogens (tertiary/aromatic N) is 1. The molecule has 0 aliphatic carbocycles. The van der Waals surface area contributed by atoms with E-state index in [1.807, 2.05) is 6.07 Å². The maximum atomic E-state index is 5.32. The average Bonchev–Trinajstić information content (AvgIpc) is 2.18. The van der Waals surface area contributed by atoms with Crippen molar-refractivity contribution in [2.24, 2.45) is 0 Å². The minimum absolute atomic E-state index is 0.824. The SMILES string of the molecule is Brc1cc(Br)cc(N2CCOCC2)c1. The molecule has 1 saturated heterocycles. The summed E-state index contributed by atoms with van der Waals surface area (Å²) in [5, 5.41) is 0. The zero-order chi connectivity index (χ0) is 9.97. The number of rotatable bonds is 1. The lowest BCUT2D eigenvalue weighted by Gasteiger charge is -2.29. The van der Waals surface area contributed by atoms with Gasteiger partial charge in [-0.05, 0) is 18.2 Å². The fourth-order valence-corrected chi connectivity index (χ4v) is 2.81. The van der Waals surface area contributed by atoms with Crippen LogP contribution in [0.15, 0.2) is 27.1 Å². The van der Waals surface area contributed by atoms with Gasteiger partial charge in [-0.3, -0.25) is 0 Å². The van der Waals surface area contributed by atoms with Crippen LogP contribution >= 0.6 is 31.9 Å². The molecule has 0 bridgehead atoms. The molecule has 2 nitrogen and oxygen atoms in total. The van der Waals surface area contributed by atoms with Crippen LogP contribution in [0.5, 0.6) is 0 Å². The van der Waals surface area contributed by atoms with Crippen LogP contribution in [0, 0.1) is 0 Å². The number of ether oxygens (including phenoxy) is 1. The van der Waals surface area contributed by atoms with Gasteiger partial charge in [-0.15, -0.1) is 0 Å². The highest BCUT2D eigenvalue weighted by atomic mass is 79.9. The van der Waals surface area contributed by atoms with Crippen molar-refractivity contribution >= 4 is 37.5 Å². The van der Waals surface area contributed by atoms with E-state index >= 15 is 0 Å². The topological polar surface area (TPSA) is 12.5 Å². The van der Waals surface area contributed by atoms with E-state index < -0.39 is 0 Å². The molecule has 76 valence electrons. The van der Waals surface area contributed by atoms with Gasteiger partial charge in [0.2, 0.25) is 0 Å². The summed E-state index contributed by atoms with van der Waals surface area (Å²) < 4.78 is 7.53. The molecule has 0 unspecified atom stereocenters. The van der Waals surface area contributed by atoms with Gasteiger partial charge < -0.3 is 9.64 Å². The van der Waals surface area contributed by atoms with Gasteiger partial charge in [-0.25, -0.2) is 0 Å². The minimum atomic E-state index is 0.824. The lowest BCUT2D eigenvalue weighted by molar-refractivity contribution is 0.122. The second-order valence-electron chi connectivity index (χ2n) is 3.23. The molecular weight excluding hydrogens is 310 g/mol. The molecule has 1 aliphatic rings. The van der Waals surface area contributed by atoms with Crippen LogP contribution in [0.4, 0.5) is 5.69 Å². The largest absolute Gasteiger partial charge is 0.378 e. The van der Waals surface area contributed by atoms with E-state index in [1.54, 1.807) is 0 Å². The summed E-state index contributed by atoms with van der Waals surface area (Å²) in [6, 6.07) is 6.32. The van der Waals surface area contributed by atoms with Crippen molar-refractivity contribution in [1.29, 1.82) is 0 Å². The van der Waals surface area contributed by atoms with E-state index in [4.69, 9.17) is 4.74 Å². The first-order chi connectivity index (χ1) is 6.75. The van der Waals surface area contributed by atoms with Crippen LogP contribution in [0.2, 0.25) is 0 Å². The van der Waals surface area contributed by atoms with Crippen LogP contribution < -0.4 is 4.90 Å². The van der Waals surface area contributed by atoms with Gasteiger partial charge in [0.05, 0.1) is 13.2 Å². The Labute approximate surface area is 100 Å². The van der Waals surface area contributed by atoms with Crippen LogP contribution in [0.1, 0.15) is 0 Å². The molecule has 14 heavy (non-hydrogen) atoms. The summed E-state index contributed by atoms with van der Waals surface area (Å²) in [4.78, 5) is 2.33. The van der Waals surface area contributed by atoms with Crippen LogP contribution in [0.25, 0.3) is 0 Å². The van der Waals surface area contributed by atoms with Crippen molar-refractivity contribution in [3.8, 4) is 0 Å². The Balaban J connectivity index is 2.21. The number of hydrogen-bond donors (Lipinski definition) is 0. The smallest absolute Gasteiger partial charge is 0.0642 e. The maximum Gasteiger partial charge on any atom is 0.0642 e. The Morgan fingerprint density at radius 1 is 1.00 bits per heavy atom. The number of hydrogen-bond acceptors (Lipinski definition) is 2. The third kappa shape index (κ3) is 2.49. The number of morpholine rings is 1. The van der Waals surface area contributed by atoms with Gasteiger partial charge >= 0.3 is 0 Å². The fraction of sp³-hybridized carbons (Fsp3) is 0.400. The van der Waals surface area contributed by atoms with Gasteiger partial charge in [-0.1, -0.05) is 31.9 Å². The molecule has 1 aromatic carbocycles. The molecule has 1 fully saturated rings. The van der Waals surface area contributed by atoms with E-state index in [-0.39, 0.29) is 0 Å². The van der Waals surface area contributed by atoms with Crippen LogP contribution in [-0.4, -0.2) is 26.3 Å². The first-order valence-electron chi connectivity index (χ1n) is 4.54. The Bertz CT molecular complexity index is 304. The molecule has 1 aliphatic heterocycles. The molecule has 1 heterocycles. The zero-order valence-electron chi connectivity index (χ0n) is 7.67. The first-order valence-corrected chi connectivity index (χ1v) is 6.13. The van der Waals surface area contributed by atoms with Crippen molar-refractivity contribution in [1.82, 2.24) is 0 Å². The predicted molar refractivity (Wildman–Crippen MR) is 64.9 cm³/mol. The lowest BCUT2D eigenvalue weighted by atomic mass is 10.3. The first kappa shape index (κ1) is 10.5. The molecule has 0 amide bonds. The van der Waals surface area contributed by atoms with Crippen molar-refractivity contribution in [3.63, 3.8) is 0 Å². The summed E-state index contributed by atoms with van der Waals surface area (Å²) in [6.07, 6.45) is 0. The Hall–Kier alpha value is -0.0600. The standard InChI is InChI=1S/C10H11Br2NO/c11-8-5-9(12)7-10(6-8)13-1-3-14-4-2-13/h5-7H,1-4H2. The lowest BCUT2D eigenvalue weighted by Crippen LogP contribution is -2.36. The second-order valence-corrected chi connectivity index (χ2v) is 5.06. The van der Waals surface area contributed by atoms with Crippen LogP contribution in [-0.2, 0) is 4.74 Å². The Morgan fingerprint density at radius 3 is 2.14 bits per heavy atom. The monoisotopic (exact) mass is 319 g/mol. The Morgan fingerprint density at radius 2 is 1.57 bits per heavy atom. The summed E-state index contributed by atoms with van der Waals surface area (Å²) in [5.41, 5.74) is 1.24. The number of halogens is 2. The molecule has 0 aromatic heterocycles. The fourth-order valence-electron chi connectivity index (χ4n) is 1.54. The molecule has 0 saturated carbocycles. The molecule has 1 aromatic rings. The zero-order valence-corrected chi connectivity index (χ0v) is 10.8. The molecular formula is C10H11Br2NO. The number of anilines is 1. The minimum Gasteiger partial charge on any atom is -0.378 e. The highest BCUT2D eigenvalue weighted by Gasteiger charge is 2.11. The summed E-state index contributed by atoms with van der Waals surface area (Å²) in [5.74, 6) is 0. The normalized spacial score (nSPS) is 17.1. The van der Waals surface area contributed by atoms with Gasteiger partial charge in [0.1, 0.15) is 0 Å². The molecule has 0 radical (unpaired) electrons. The van der Waals surface area contributed by atoms with E-state index in [2.05, 4.69) is 48.9 Å². The maximum absolute atomic E-state index is 5.32. The molecule has 0 atom stereocenters. The summed E-state index contributed by atoms with van der Waals surface area (Å²) in [6.45, 7) is 3.60. The molecule has 2 rings (SSSR count). The van der Waals surface area contributed by atoms with Crippen LogP contribution in [0.3, 0.4) is 0 Å². The summed E-state index contributed by atoms with van der Waals surface area (Å²) >= 11 is 6.98. The number of benzene rings is 1. The third-order valence-corrected chi connectivity index (χ3v) is 3.14. The molecule has 0 spiro atoms. The van der Waals surface area contributed by atoms with Crippen molar-refractivity contribution in [3.05, 3.63) is 27.1 Å². The van der Waals surface area contributed by atoms with Crippen molar-refractivity contribution in [2.75, 3.05) is 31.2 Å². The average molecular weight is 321 g/mol. The molecule has 4 heteroatoms. The van der Waals surface area contributed by atoms with Gasteiger partial charge in [0.25, 0.3) is 0 Å². The van der Waals surface area contributed by atoms with E-state index in [0.717, 1.165) is 35.2 Å². The third-order valence-electron chi connectivity index (χ3n) is 2.22. The van der Waals surface area contributed by atoms with Gasteiger partial charge in [0.15, 0.2) is 0 Å². The van der Waals surface area contributed by atoms with E-state index in [1.165, 1.54) is 5.69 Å².